The van der Waals surface area contributed by atoms with Crippen LogP contribution < -0.4 is 10.0 Å². The van der Waals surface area contributed by atoms with Crippen molar-refractivity contribution in [3.63, 3.8) is 0 Å². The van der Waals surface area contributed by atoms with Crippen LogP contribution in [0.2, 0.25) is 0 Å². The minimum Gasteiger partial charge on any atom is -0.313 e. The molecule has 0 radical (unpaired) electrons. The van der Waals surface area contributed by atoms with Crippen molar-refractivity contribution >= 4 is 10.0 Å². The Hall–Kier alpha value is -0.340. The summed E-state index contributed by atoms with van der Waals surface area (Å²) in [5, 5.41) is 2.44. The third kappa shape index (κ3) is 6.55. The van der Waals surface area contributed by atoms with Crippen molar-refractivity contribution < 1.29 is 21.6 Å². The molecule has 0 heterocycles. The summed E-state index contributed by atoms with van der Waals surface area (Å²) in [5.74, 6) is 0. The predicted octanol–water partition coefficient (Wildman–Crippen LogP) is 1.39. The van der Waals surface area contributed by atoms with Crippen molar-refractivity contribution in [2.24, 2.45) is 0 Å². The number of hydrogen-bond acceptors (Lipinski definition) is 3. The van der Waals surface area contributed by atoms with E-state index in [1.165, 1.54) is 0 Å². The summed E-state index contributed by atoms with van der Waals surface area (Å²) < 4.78 is 61.1. The first-order valence-electron chi connectivity index (χ1n) is 5.99. The van der Waals surface area contributed by atoms with Crippen LogP contribution in [0.1, 0.15) is 32.6 Å². The van der Waals surface area contributed by atoms with Gasteiger partial charge in [0.15, 0.2) is 0 Å². The van der Waals surface area contributed by atoms with Crippen molar-refractivity contribution in [2.45, 2.75) is 50.1 Å². The van der Waals surface area contributed by atoms with Gasteiger partial charge in [-0.2, -0.15) is 13.2 Å². The molecule has 1 saturated carbocycles. The lowest BCUT2D eigenvalue weighted by Crippen LogP contribution is -2.40. The summed E-state index contributed by atoms with van der Waals surface area (Å²) in [6.45, 7) is 1.70. The van der Waals surface area contributed by atoms with Gasteiger partial charge in [0.1, 0.15) is 0 Å². The average molecular weight is 288 g/mol. The largest absolute Gasteiger partial charge is 0.389 e. The van der Waals surface area contributed by atoms with Gasteiger partial charge < -0.3 is 5.32 Å². The fourth-order valence-corrected chi connectivity index (χ4v) is 2.40. The molecule has 0 amide bonds. The van der Waals surface area contributed by atoms with Crippen LogP contribution in [0.4, 0.5) is 13.2 Å². The first-order valence-corrected chi connectivity index (χ1v) is 7.54. The van der Waals surface area contributed by atoms with E-state index >= 15 is 0 Å². The fraction of sp³-hybridized carbons (Fsp3) is 1.00. The van der Waals surface area contributed by atoms with E-state index in [9.17, 15) is 21.6 Å². The summed E-state index contributed by atoms with van der Waals surface area (Å²) >= 11 is 0. The molecule has 0 saturated heterocycles. The molecule has 8 heteroatoms. The van der Waals surface area contributed by atoms with E-state index in [2.05, 4.69) is 10.0 Å². The minimum absolute atomic E-state index is 0.171. The molecule has 1 rings (SSSR count). The molecule has 1 unspecified atom stereocenters. The van der Waals surface area contributed by atoms with E-state index in [1.54, 1.807) is 6.92 Å². The van der Waals surface area contributed by atoms with Gasteiger partial charge in [-0.1, -0.05) is 0 Å². The van der Waals surface area contributed by atoms with Gasteiger partial charge in [0.05, 0.1) is 5.25 Å². The summed E-state index contributed by atoms with van der Waals surface area (Å²) in [4.78, 5) is 0. The van der Waals surface area contributed by atoms with E-state index in [1.807, 2.05) is 0 Å². The molecule has 1 aliphatic rings. The van der Waals surface area contributed by atoms with Crippen molar-refractivity contribution in [1.29, 1.82) is 0 Å². The monoisotopic (exact) mass is 288 g/mol. The lowest BCUT2D eigenvalue weighted by atomic mass is 10.3. The fourth-order valence-electron chi connectivity index (χ4n) is 1.38. The van der Waals surface area contributed by atoms with Gasteiger partial charge in [0.25, 0.3) is 0 Å². The SMILES string of the molecule is CC(CNC1CC1)S(=O)(=O)NCCCC(F)(F)F. The second kappa shape index (κ2) is 6.21. The smallest absolute Gasteiger partial charge is 0.313 e. The van der Waals surface area contributed by atoms with Gasteiger partial charge >= 0.3 is 6.18 Å². The van der Waals surface area contributed by atoms with E-state index in [4.69, 9.17) is 0 Å². The zero-order valence-corrected chi connectivity index (χ0v) is 11.1. The molecular weight excluding hydrogens is 269 g/mol. The van der Waals surface area contributed by atoms with Crippen LogP contribution in [0.25, 0.3) is 0 Å². The maximum Gasteiger partial charge on any atom is 0.389 e. The molecule has 1 aliphatic carbocycles. The van der Waals surface area contributed by atoms with Crippen molar-refractivity contribution in [3.8, 4) is 0 Å². The number of sulfonamides is 1. The third-order valence-corrected chi connectivity index (χ3v) is 4.57. The topological polar surface area (TPSA) is 58.2 Å². The Balaban J connectivity index is 2.20. The van der Waals surface area contributed by atoms with Crippen LogP contribution in [0, 0.1) is 0 Å². The second-order valence-electron chi connectivity index (χ2n) is 4.65. The zero-order chi connectivity index (χ0) is 13.8. The van der Waals surface area contributed by atoms with Crippen molar-refractivity contribution in [3.05, 3.63) is 0 Å². The maximum absolute atomic E-state index is 11.9. The molecule has 0 spiro atoms. The third-order valence-electron chi connectivity index (χ3n) is 2.74. The van der Waals surface area contributed by atoms with Crippen LogP contribution >= 0.6 is 0 Å². The van der Waals surface area contributed by atoms with Gasteiger partial charge in [-0.3, -0.25) is 0 Å². The molecule has 0 aliphatic heterocycles. The normalized spacial score (nSPS) is 18.9. The van der Waals surface area contributed by atoms with Gasteiger partial charge in [-0.05, 0) is 26.2 Å². The zero-order valence-electron chi connectivity index (χ0n) is 10.3. The molecule has 1 fully saturated rings. The predicted molar refractivity (Wildman–Crippen MR) is 62.7 cm³/mol. The molecule has 0 aromatic rings. The standard InChI is InChI=1S/C10H19F3N2O2S/c1-8(7-14-9-3-4-9)18(16,17)15-6-2-5-10(11,12)13/h8-9,14-15H,2-7H2,1H3. The van der Waals surface area contributed by atoms with Gasteiger partial charge in [-0.15, -0.1) is 0 Å². The lowest BCUT2D eigenvalue weighted by molar-refractivity contribution is -0.135. The number of halogens is 3. The van der Waals surface area contributed by atoms with Gasteiger partial charge in [0.2, 0.25) is 10.0 Å². The minimum atomic E-state index is -4.23. The summed E-state index contributed by atoms with van der Waals surface area (Å²) in [5.41, 5.74) is 0. The molecule has 2 N–H and O–H groups in total. The Morgan fingerprint density at radius 3 is 2.44 bits per heavy atom. The Morgan fingerprint density at radius 1 is 1.33 bits per heavy atom. The highest BCUT2D eigenvalue weighted by Gasteiger charge is 2.28. The van der Waals surface area contributed by atoms with Gasteiger partial charge in [-0.25, -0.2) is 13.1 Å². The number of nitrogens with one attached hydrogen (secondary N) is 2. The molecule has 0 bridgehead atoms. The molecule has 1 atom stereocenters. The van der Waals surface area contributed by atoms with Crippen LogP contribution in [0.5, 0.6) is 0 Å². The summed E-state index contributed by atoms with van der Waals surface area (Å²) in [6.07, 6.45) is -3.31. The Labute approximate surface area is 105 Å². The highest BCUT2D eigenvalue weighted by atomic mass is 32.2. The molecule has 0 aromatic heterocycles. The van der Waals surface area contributed by atoms with E-state index < -0.39 is 27.9 Å². The average Bonchev–Trinajstić information content (AvgIpc) is 3.03. The Morgan fingerprint density at radius 2 is 1.94 bits per heavy atom. The van der Waals surface area contributed by atoms with Crippen molar-refractivity contribution in [1.82, 2.24) is 10.0 Å². The second-order valence-corrected chi connectivity index (χ2v) is 6.83. The molecule has 4 nitrogen and oxygen atoms in total. The molecule has 108 valence electrons. The van der Waals surface area contributed by atoms with Crippen LogP contribution in [-0.4, -0.2) is 39.0 Å². The van der Waals surface area contributed by atoms with Crippen LogP contribution in [0.15, 0.2) is 0 Å². The first kappa shape index (κ1) is 15.7. The van der Waals surface area contributed by atoms with E-state index in [0.29, 0.717) is 12.6 Å². The van der Waals surface area contributed by atoms with E-state index in [-0.39, 0.29) is 13.0 Å². The van der Waals surface area contributed by atoms with Gasteiger partial charge in [0, 0.05) is 25.6 Å². The number of rotatable bonds is 8. The number of hydrogen-bond donors (Lipinski definition) is 2. The molecule has 0 aromatic carbocycles. The Bertz CT molecular complexity index is 353. The maximum atomic E-state index is 11.9. The highest BCUT2D eigenvalue weighted by Crippen LogP contribution is 2.21. The Kier molecular flexibility index (Phi) is 5.42. The lowest BCUT2D eigenvalue weighted by Gasteiger charge is -2.14. The van der Waals surface area contributed by atoms with Crippen molar-refractivity contribution in [2.75, 3.05) is 13.1 Å². The van der Waals surface area contributed by atoms with E-state index in [0.717, 1.165) is 12.8 Å². The quantitative estimate of drug-likeness (QED) is 0.664. The van der Waals surface area contributed by atoms with Crippen LogP contribution in [0.3, 0.4) is 0 Å². The molecular formula is C10H19F3N2O2S. The highest BCUT2D eigenvalue weighted by molar-refractivity contribution is 7.90. The summed E-state index contributed by atoms with van der Waals surface area (Å²) in [7, 11) is -3.53. The first-order chi connectivity index (χ1) is 8.21. The molecule has 18 heavy (non-hydrogen) atoms. The van der Waals surface area contributed by atoms with Crippen LogP contribution in [-0.2, 0) is 10.0 Å². The summed E-state index contributed by atoms with van der Waals surface area (Å²) in [6, 6.07) is 0.410. The number of alkyl halides is 3.